The van der Waals surface area contributed by atoms with E-state index in [4.69, 9.17) is 0 Å². The quantitative estimate of drug-likeness (QED) is 0.486. The average Bonchev–Trinajstić information content (AvgIpc) is 2.43. The second kappa shape index (κ2) is 4.56. The van der Waals surface area contributed by atoms with Crippen LogP contribution in [0.1, 0.15) is 19.8 Å². The molecule has 3 atom stereocenters. The maximum Gasteiger partial charge on any atom is 0.137 e. The fourth-order valence-corrected chi connectivity index (χ4v) is 2.34. The van der Waals surface area contributed by atoms with Gasteiger partial charge in [-0.3, -0.25) is 4.90 Å². The number of carbonyl (C=O) groups is 1. The molecule has 0 N–H and O–H groups in total. The topological polar surface area (TPSA) is 20.3 Å². The molecule has 1 heterocycles. The van der Waals surface area contributed by atoms with Crippen molar-refractivity contribution in [3.63, 3.8) is 0 Å². The van der Waals surface area contributed by atoms with E-state index < -0.39 is 0 Å². The molecule has 0 unspecified atom stereocenters. The summed E-state index contributed by atoms with van der Waals surface area (Å²) in [5.41, 5.74) is 0. The Kier molecular flexibility index (Phi) is 3.67. The minimum atomic E-state index is 0.114. The zero-order valence-corrected chi connectivity index (χ0v) is 8.57. The van der Waals surface area contributed by atoms with Crippen LogP contribution in [0.15, 0.2) is 12.7 Å². The van der Waals surface area contributed by atoms with Crippen LogP contribution in [0.4, 0.5) is 0 Å². The monoisotopic (exact) mass is 181 g/mol. The number of aldehydes is 1. The number of rotatable bonds is 4. The molecule has 0 aromatic heterocycles. The predicted octanol–water partition coefficient (Wildman–Crippen LogP) is 1.72. The molecule has 1 aliphatic heterocycles. The molecule has 74 valence electrons. The van der Waals surface area contributed by atoms with Gasteiger partial charge in [0.25, 0.3) is 0 Å². The summed E-state index contributed by atoms with van der Waals surface area (Å²) in [6.45, 7) is 6.99. The molecule has 0 aromatic rings. The highest BCUT2D eigenvalue weighted by atomic mass is 16.1. The number of likely N-dealkylation sites (tertiary alicyclic amines) is 1. The summed E-state index contributed by atoms with van der Waals surface area (Å²) in [6, 6.07) is 0.114. The van der Waals surface area contributed by atoms with Crippen molar-refractivity contribution in [1.29, 1.82) is 0 Å². The van der Waals surface area contributed by atoms with Crippen LogP contribution >= 0.6 is 0 Å². The van der Waals surface area contributed by atoms with Gasteiger partial charge in [0.1, 0.15) is 6.29 Å². The summed E-state index contributed by atoms with van der Waals surface area (Å²) in [7, 11) is 2.02. The van der Waals surface area contributed by atoms with E-state index in [-0.39, 0.29) is 6.04 Å². The molecule has 0 spiro atoms. The van der Waals surface area contributed by atoms with Gasteiger partial charge < -0.3 is 4.79 Å². The van der Waals surface area contributed by atoms with Crippen LogP contribution in [0.25, 0.3) is 0 Å². The molecule has 0 saturated carbocycles. The number of likely N-dealkylation sites (N-methyl/N-ethyl adjacent to an activating group) is 1. The van der Waals surface area contributed by atoms with Gasteiger partial charge in [-0.05, 0) is 25.3 Å². The Morgan fingerprint density at radius 3 is 2.77 bits per heavy atom. The lowest BCUT2D eigenvalue weighted by molar-refractivity contribution is -0.112. The maximum absolute atomic E-state index is 10.9. The Labute approximate surface area is 80.6 Å². The van der Waals surface area contributed by atoms with Crippen molar-refractivity contribution in [2.45, 2.75) is 25.8 Å². The second-order valence-electron chi connectivity index (χ2n) is 3.92. The lowest BCUT2D eigenvalue weighted by Gasteiger charge is -2.19. The van der Waals surface area contributed by atoms with E-state index in [1.807, 2.05) is 13.1 Å². The Balaban J connectivity index is 2.70. The van der Waals surface area contributed by atoms with Crippen LogP contribution in [0.2, 0.25) is 0 Å². The van der Waals surface area contributed by atoms with Gasteiger partial charge in [-0.1, -0.05) is 19.4 Å². The van der Waals surface area contributed by atoms with Crippen molar-refractivity contribution in [2.24, 2.45) is 11.8 Å². The van der Waals surface area contributed by atoms with Crippen LogP contribution in [0.5, 0.6) is 0 Å². The molecular formula is C11H19NO. The van der Waals surface area contributed by atoms with E-state index in [0.717, 1.165) is 25.7 Å². The summed E-state index contributed by atoms with van der Waals surface area (Å²) >= 11 is 0. The lowest BCUT2D eigenvalue weighted by Crippen LogP contribution is -2.30. The van der Waals surface area contributed by atoms with Gasteiger partial charge in [0.2, 0.25) is 0 Å². The van der Waals surface area contributed by atoms with Gasteiger partial charge in [0, 0.05) is 6.54 Å². The zero-order valence-electron chi connectivity index (χ0n) is 8.57. The number of hydrogen-bond donors (Lipinski definition) is 0. The molecule has 2 heteroatoms. The molecule has 0 aromatic carbocycles. The van der Waals surface area contributed by atoms with Crippen molar-refractivity contribution in [1.82, 2.24) is 4.90 Å². The Hall–Kier alpha value is -0.630. The summed E-state index contributed by atoms with van der Waals surface area (Å²) in [4.78, 5) is 13.0. The van der Waals surface area contributed by atoms with E-state index in [2.05, 4.69) is 18.4 Å². The van der Waals surface area contributed by atoms with Crippen LogP contribution in [-0.2, 0) is 4.79 Å². The smallest absolute Gasteiger partial charge is 0.137 e. The number of nitrogens with zero attached hydrogens (tertiary/aromatic N) is 1. The molecule has 0 bridgehead atoms. The third-order valence-corrected chi connectivity index (χ3v) is 3.06. The van der Waals surface area contributed by atoms with Crippen molar-refractivity contribution in [3.05, 3.63) is 12.7 Å². The fraction of sp³-hybridized carbons (Fsp3) is 0.727. The fourth-order valence-electron chi connectivity index (χ4n) is 2.34. The van der Waals surface area contributed by atoms with Crippen molar-refractivity contribution in [3.8, 4) is 0 Å². The van der Waals surface area contributed by atoms with Gasteiger partial charge in [-0.15, -0.1) is 6.58 Å². The SMILES string of the molecule is C=C[C@H]1CN(C)[C@H](C=O)[C@H]1CCC. The van der Waals surface area contributed by atoms with E-state index in [1.54, 1.807) is 0 Å². The third-order valence-electron chi connectivity index (χ3n) is 3.06. The minimum absolute atomic E-state index is 0.114. The number of carbonyl (C=O) groups excluding carboxylic acids is 1. The van der Waals surface area contributed by atoms with Crippen LogP contribution in [0.3, 0.4) is 0 Å². The molecule has 0 amide bonds. The van der Waals surface area contributed by atoms with E-state index >= 15 is 0 Å². The first kappa shape index (κ1) is 10.5. The molecule has 2 nitrogen and oxygen atoms in total. The largest absolute Gasteiger partial charge is 0.302 e. The molecule has 0 aliphatic carbocycles. The van der Waals surface area contributed by atoms with Gasteiger partial charge in [-0.2, -0.15) is 0 Å². The maximum atomic E-state index is 10.9. The van der Waals surface area contributed by atoms with Gasteiger partial charge in [0.05, 0.1) is 6.04 Å². The van der Waals surface area contributed by atoms with E-state index in [9.17, 15) is 4.79 Å². The van der Waals surface area contributed by atoms with Crippen LogP contribution in [-0.4, -0.2) is 30.8 Å². The summed E-state index contributed by atoms with van der Waals surface area (Å²) in [5, 5.41) is 0. The molecule has 1 aliphatic rings. The van der Waals surface area contributed by atoms with Crippen molar-refractivity contribution in [2.75, 3.05) is 13.6 Å². The Morgan fingerprint density at radius 1 is 1.62 bits per heavy atom. The van der Waals surface area contributed by atoms with Gasteiger partial charge in [-0.25, -0.2) is 0 Å². The standard InChI is InChI=1S/C11H19NO/c1-4-6-10-9(5-2)7-12(3)11(10)8-13/h5,8-11H,2,4,6-7H2,1,3H3/t9-,10-,11+/m0/s1. The molecule has 1 saturated heterocycles. The minimum Gasteiger partial charge on any atom is -0.302 e. The highest BCUT2D eigenvalue weighted by molar-refractivity contribution is 5.59. The van der Waals surface area contributed by atoms with Crippen LogP contribution < -0.4 is 0 Å². The first-order valence-corrected chi connectivity index (χ1v) is 5.02. The van der Waals surface area contributed by atoms with Gasteiger partial charge >= 0.3 is 0 Å². The summed E-state index contributed by atoms with van der Waals surface area (Å²) < 4.78 is 0. The highest BCUT2D eigenvalue weighted by Gasteiger charge is 2.37. The van der Waals surface area contributed by atoms with Gasteiger partial charge in [0.15, 0.2) is 0 Å². The average molecular weight is 181 g/mol. The first-order chi connectivity index (χ1) is 6.24. The summed E-state index contributed by atoms with van der Waals surface area (Å²) in [6.07, 6.45) is 5.36. The normalized spacial score (nSPS) is 34.8. The van der Waals surface area contributed by atoms with Crippen molar-refractivity contribution < 1.29 is 4.79 Å². The second-order valence-corrected chi connectivity index (χ2v) is 3.92. The molecule has 13 heavy (non-hydrogen) atoms. The highest BCUT2D eigenvalue weighted by Crippen LogP contribution is 2.31. The van der Waals surface area contributed by atoms with Crippen LogP contribution in [0, 0.1) is 11.8 Å². The Morgan fingerprint density at radius 2 is 2.31 bits per heavy atom. The first-order valence-electron chi connectivity index (χ1n) is 5.02. The number of hydrogen-bond acceptors (Lipinski definition) is 2. The summed E-state index contributed by atoms with van der Waals surface area (Å²) in [5.74, 6) is 0.991. The Bertz CT molecular complexity index is 191. The van der Waals surface area contributed by atoms with Crippen molar-refractivity contribution >= 4 is 6.29 Å². The van der Waals surface area contributed by atoms with E-state index in [1.165, 1.54) is 0 Å². The van der Waals surface area contributed by atoms with E-state index in [0.29, 0.717) is 11.8 Å². The zero-order chi connectivity index (χ0) is 9.84. The molecule has 1 rings (SSSR count). The molecule has 0 radical (unpaired) electrons. The lowest BCUT2D eigenvalue weighted by atomic mass is 9.87. The molecular weight excluding hydrogens is 162 g/mol. The molecule has 1 fully saturated rings. The third kappa shape index (κ3) is 1.99. The predicted molar refractivity (Wildman–Crippen MR) is 54.6 cm³/mol.